The Morgan fingerprint density at radius 2 is 2.50 bits per heavy atom. The van der Waals surface area contributed by atoms with Crippen molar-refractivity contribution in [3.05, 3.63) is 0 Å². The number of rotatable bonds is 3. The van der Waals surface area contributed by atoms with Crippen molar-refractivity contribution in [1.29, 1.82) is 0 Å². The Balaban J connectivity index is 2.18. The molecule has 0 radical (unpaired) electrons. The van der Waals surface area contributed by atoms with Crippen molar-refractivity contribution in [3.63, 3.8) is 0 Å². The van der Waals surface area contributed by atoms with E-state index >= 15 is 0 Å². The van der Waals surface area contributed by atoms with Gasteiger partial charge in [-0.3, -0.25) is 0 Å². The molecule has 0 aromatic carbocycles. The predicted molar refractivity (Wildman–Crippen MR) is 38.7 cm³/mol. The molecule has 1 fully saturated rings. The topological polar surface area (TPSA) is 55.5 Å². The highest BCUT2D eigenvalue weighted by Gasteiger charge is 2.22. The maximum atomic E-state index is 9.34. The molecule has 1 aliphatic rings. The van der Waals surface area contributed by atoms with Crippen molar-refractivity contribution in [2.45, 2.75) is 31.5 Å². The number of aliphatic hydroxyl groups is 1. The summed E-state index contributed by atoms with van der Waals surface area (Å²) in [4.78, 5) is 0. The van der Waals surface area contributed by atoms with Crippen molar-refractivity contribution in [2.24, 2.45) is 5.73 Å². The highest BCUT2D eigenvalue weighted by Crippen LogP contribution is 2.16. The molecule has 0 bridgehead atoms. The molecule has 1 saturated heterocycles. The molecule has 60 valence electrons. The molecule has 1 rings (SSSR count). The van der Waals surface area contributed by atoms with Gasteiger partial charge >= 0.3 is 0 Å². The molecule has 0 saturated carbocycles. The van der Waals surface area contributed by atoms with Crippen LogP contribution in [0.5, 0.6) is 0 Å². The lowest BCUT2D eigenvalue weighted by atomic mass is 10.1. The first kappa shape index (κ1) is 7.98. The van der Waals surface area contributed by atoms with E-state index in [1.807, 2.05) is 0 Å². The second-order valence-corrected chi connectivity index (χ2v) is 2.70. The zero-order chi connectivity index (χ0) is 7.40. The van der Waals surface area contributed by atoms with Crippen LogP contribution in [0.25, 0.3) is 0 Å². The standard InChI is InChI=1S/C7H15NO2/c8-4-3-6(9)7-2-1-5-10-7/h6-7,9H,1-5,8H2/t6-,7?/m0/s1. The predicted octanol–water partition coefficient (Wildman–Crippen LogP) is -0.125. The van der Waals surface area contributed by atoms with Gasteiger partial charge in [0.25, 0.3) is 0 Å². The van der Waals surface area contributed by atoms with Crippen LogP contribution in [-0.4, -0.2) is 30.5 Å². The first-order valence-electron chi connectivity index (χ1n) is 3.84. The molecule has 0 aromatic rings. The van der Waals surface area contributed by atoms with E-state index in [1.54, 1.807) is 0 Å². The second kappa shape index (κ2) is 3.91. The minimum absolute atomic E-state index is 0.0588. The summed E-state index contributed by atoms with van der Waals surface area (Å²) in [5.41, 5.74) is 5.28. The van der Waals surface area contributed by atoms with E-state index in [2.05, 4.69) is 0 Å². The van der Waals surface area contributed by atoms with E-state index in [0.29, 0.717) is 13.0 Å². The van der Waals surface area contributed by atoms with E-state index < -0.39 is 0 Å². The Kier molecular flexibility index (Phi) is 3.12. The van der Waals surface area contributed by atoms with Crippen LogP contribution in [0.4, 0.5) is 0 Å². The van der Waals surface area contributed by atoms with Crippen molar-refractivity contribution in [1.82, 2.24) is 0 Å². The Morgan fingerprint density at radius 1 is 1.70 bits per heavy atom. The smallest absolute Gasteiger partial charge is 0.0835 e. The molecule has 0 aromatic heterocycles. The number of ether oxygens (including phenoxy) is 1. The third-order valence-electron chi connectivity index (χ3n) is 1.86. The van der Waals surface area contributed by atoms with E-state index in [9.17, 15) is 5.11 Å². The van der Waals surface area contributed by atoms with Crippen LogP contribution >= 0.6 is 0 Å². The van der Waals surface area contributed by atoms with Crippen LogP contribution in [0, 0.1) is 0 Å². The van der Waals surface area contributed by atoms with E-state index in [1.165, 1.54) is 0 Å². The third kappa shape index (κ3) is 1.94. The van der Waals surface area contributed by atoms with Crippen LogP contribution in [0.15, 0.2) is 0 Å². The molecule has 1 unspecified atom stereocenters. The molecule has 1 aliphatic heterocycles. The fourth-order valence-electron chi connectivity index (χ4n) is 1.26. The van der Waals surface area contributed by atoms with Crippen molar-refractivity contribution in [3.8, 4) is 0 Å². The Morgan fingerprint density at radius 3 is 3.00 bits per heavy atom. The zero-order valence-corrected chi connectivity index (χ0v) is 6.12. The normalized spacial score (nSPS) is 28.8. The molecule has 3 nitrogen and oxygen atoms in total. The van der Waals surface area contributed by atoms with Gasteiger partial charge in [-0.1, -0.05) is 0 Å². The van der Waals surface area contributed by atoms with Crippen molar-refractivity contribution < 1.29 is 9.84 Å². The average molecular weight is 145 g/mol. The molecule has 1 heterocycles. The monoisotopic (exact) mass is 145 g/mol. The summed E-state index contributed by atoms with van der Waals surface area (Å²) in [6.45, 7) is 1.34. The first-order chi connectivity index (χ1) is 4.84. The summed E-state index contributed by atoms with van der Waals surface area (Å²) in [6.07, 6.45) is 2.44. The molecule has 3 N–H and O–H groups in total. The van der Waals surface area contributed by atoms with Gasteiger partial charge in [0, 0.05) is 6.61 Å². The Bertz CT molecular complexity index is 91.6. The molecule has 2 atom stereocenters. The van der Waals surface area contributed by atoms with Gasteiger partial charge in [-0.2, -0.15) is 0 Å². The SMILES string of the molecule is NCC[C@H](O)C1CCCO1. The van der Waals surface area contributed by atoms with Crippen LogP contribution < -0.4 is 5.73 Å². The van der Waals surface area contributed by atoms with E-state index in [-0.39, 0.29) is 12.2 Å². The van der Waals surface area contributed by atoms with E-state index in [4.69, 9.17) is 10.5 Å². The van der Waals surface area contributed by atoms with Gasteiger partial charge in [0.1, 0.15) is 0 Å². The van der Waals surface area contributed by atoms with E-state index in [0.717, 1.165) is 19.4 Å². The lowest BCUT2D eigenvalue weighted by Crippen LogP contribution is -2.27. The first-order valence-corrected chi connectivity index (χ1v) is 3.84. The Hall–Kier alpha value is -0.120. The quantitative estimate of drug-likeness (QED) is 0.582. The highest BCUT2D eigenvalue weighted by atomic mass is 16.5. The summed E-state index contributed by atoms with van der Waals surface area (Å²) in [6, 6.07) is 0. The lowest BCUT2D eigenvalue weighted by molar-refractivity contribution is -0.00394. The summed E-state index contributed by atoms with van der Waals surface area (Å²) in [5.74, 6) is 0. The largest absolute Gasteiger partial charge is 0.390 e. The number of aliphatic hydroxyl groups excluding tert-OH is 1. The van der Waals surface area contributed by atoms with Gasteiger partial charge in [-0.05, 0) is 25.8 Å². The molecule has 0 aliphatic carbocycles. The highest BCUT2D eigenvalue weighted by molar-refractivity contribution is 4.73. The molecular weight excluding hydrogens is 130 g/mol. The van der Waals surface area contributed by atoms with Gasteiger partial charge in [0.15, 0.2) is 0 Å². The molecule has 10 heavy (non-hydrogen) atoms. The fourth-order valence-corrected chi connectivity index (χ4v) is 1.26. The minimum Gasteiger partial charge on any atom is -0.390 e. The van der Waals surface area contributed by atoms with Crippen LogP contribution in [-0.2, 0) is 4.74 Å². The average Bonchev–Trinajstić information content (AvgIpc) is 2.38. The number of hydrogen-bond donors (Lipinski definition) is 2. The van der Waals surface area contributed by atoms with Gasteiger partial charge in [0.05, 0.1) is 12.2 Å². The van der Waals surface area contributed by atoms with Gasteiger partial charge in [0.2, 0.25) is 0 Å². The Labute approximate surface area is 61.2 Å². The van der Waals surface area contributed by atoms with Crippen molar-refractivity contribution in [2.75, 3.05) is 13.2 Å². The summed E-state index contributed by atoms with van der Waals surface area (Å²) in [7, 11) is 0. The second-order valence-electron chi connectivity index (χ2n) is 2.70. The third-order valence-corrected chi connectivity index (χ3v) is 1.86. The number of nitrogens with two attached hydrogens (primary N) is 1. The minimum atomic E-state index is -0.340. The van der Waals surface area contributed by atoms with Gasteiger partial charge in [-0.15, -0.1) is 0 Å². The van der Waals surface area contributed by atoms with Gasteiger partial charge in [-0.25, -0.2) is 0 Å². The maximum Gasteiger partial charge on any atom is 0.0835 e. The van der Waals surface area contributed by atoms with Crippen molar-refractivity contribution >= 4 is 0 Å². The fraction of sp³-hybridized carbons (Fsp3) is 1.00. The maximum absolute atomic E-state index is 9.34. The molecular formula is C7H15NO2. The summed E-state index contributed by atoms with van der Waals surface area (Å²) in [5, 5.41) is 9.34. The molecule has 3 heteroatoms. The lowest BCUT2D eigenvalue weighted by Gasteiger charge is -2.15. The molecule has 0 amide bonds. The summed E-state index contributed by atoms with van der Waals surface area (Å²) >= 11 is 0. The summed E-state index contributed by atoms with van der Waals surface area (Å²) < 4.78 is 5.26. The van der Waals surface area contributed by atoms with Crippen LogP contribution in [0.1, 0.15) is 19.3 Å². The van der Waals surface area contributed by atoms with Crippen LogP contribution in [0.2, 0.25) is 0 Å². The van der Waals surface area contributed by atoms with Gasteiger partial charge < -0.3 is 15.6 Å². The number of hydrogen-bond acceptors (Lipinski definition) is 3. The zero-order valence-electron chi connectivity index (χ0n) is 6.12. The van der Waals surface area contributed by atoms with Crippen LogP contribution in [0.3, 0.4) is 0 Å². The molecule has 0 spiro atoms.